The monoisotopic (exact) mass is 283 g/mol. The number of furan rings is 1. The summed E-state index contributed by atoms with van der Waals surface area (Å²) in [4.78, 5) is 12.0. The van der Waals surface area contributed by atoms with E-state index >= 15 is 0 Å². The fraction of sp³-hybridized carbons (Fsp3) is 0.235. The van der Waals surface area contributed by atoms with E-state index in [4.69, 9.17) is 9.52 Å². The van der Waals surface area contributed by atoms with Gasteiger partial charge in [0.1, 0.15) is 12.4 Å². The van der Waals surface area contributed by atoms with Crippen LogP contribution in [0.3, 0.4) is 0 Å². The van der Waals surface area contributed by atoms with Crippen LogP contribution in [-0.2, 0) is 13.0 Å². The molecule has 4 heteroatoms. The van der Waals surface area contributed by atoms with Crippen molar-refractivity contribution in [2.45, 2.75) is 19.9 Å². The number of carbonyl (C=O) groups excluding carboxylic acids is 1. The Morgan fingerprint density at radius 1 is 1.29 bits per heavy atom. The summed E-state index contributed by atoms with van der Waals surface area (Å²) in [6.07, 6.45) is 0.757. The molecule has 0 bridgehead atoms. The third-order valence-electron chi connectivity index (χ3n) is 2.99. The van der Waals surface area contributed by atoms with Gasteiger partial charge in [-0.2, -0.15) is 0 Å². The second-order valence-electron chi connectivity index (χ2n) is 4.42. The molecule has 0 aliphatic rings. The van der Waals surface area contributed by atoms with Crippen molar-refractivity contribution in [3.63, 3.8) is 0 Å². The normalized spacial score (nSPS) is 9.81. The van der Waals surface area contributed by atoms with Crippen LogP contribution in [-0.4, -0.2) is 17.6 Å². The topological polar surface area (TPSA) is 62.5 Å². The molecule has 21 heavy (non-hydrogen) atoms. The van der Waals surface area contributed by atoms with Crippen LogP contribution in [0.1, 0.15) is 34.4 Å². The molecule has 1 heterocycles. The summed E-state index contributed by atoms with van der Waals surface area (Å²) in [5, 5.41) is 11.6. The molecule has 0 saturated heterocycles. The molecular formula is C17H17NO3. The molecule has 2 aromatic rings. The zero-order valence-corrected chi connectivity index (χ0v) is 11.8. The first-order valence-corrected chi connectivity index (χ1v) is 6.79. The van der Waals surface area contributed by atoms with Gasteiger partial charge in [0.25, 0.3) is 5.91 Å². The standard InChI is InChI=1S/C17H17NO3/c1-2-15-9-10-16(21-15)17(20)18-12-14-7-4-3-6-13(14)8-5-11-19/h3-4,6-7,9-10,19H,2,11-12H2,1H3,(H,18,20). The van der Waals surface area contributed by atoms with Gasteiger partial charge in [0.2, 0.25) is 0 Å². The molecule has 1 amide bonds. The molecular weight excluding hydrogens is 266 g/mol. The summed E-state index contributed by atoms with van der Waals surface area (Å²) in [5.41, 5.74) is 1.69. The van der Waals surface area contributed by atoms with E-state index in [-0.39, 0.29) is 12.5 Å². The Morgan fingerprint density at radius 2 is 2.10 bits per heavy atom. The van der Waals surface area contributed by atoms with Gasteiger partial charge in [-0.3, -0.25) is 4.79 Å². The lowest BCUT2D eigenvalue weighted by Crippen LogP contribution is -2.22. The van der Waals surface area contributed by atoms with E-state index in [1.807, 2.05) is 31.2 Å². The maximum absolute atomic E-state index is 12.0. The summed E-state index contributed by atoms with van der Waals surface area (Å²) in [6.45, 7) is 2.14. The fourth-order valence-electron chi connectivity index (χ4n) is 1.88. The number of hydrogen-bond donors (Lipinski definition) is 2. The first-order chi connectivity index (χ1) is 10.2. The molecule has 0 radical (unpaired) electrons. The molecule has 0 aliphatic heterocycles. The molecule has 2 rings (SSSR count). The first-order valence-electron chi connectivity index (χ1n) is 6.79. The molecule has 1 aromatic heterocycles. The number of aryl methyl sites for hydroxylation is 1. The maximum atomic E-state index is 12.0. The van der Waals surface area contributed by atoms with Crippen LogP contribution in [0.25, 0.3) is 0 Å². The van der Waals surface area contributed by atoms with Crippen LogP contribution in [0.4, 0.5) is 0 Å². The highest BCUT2D eigenvalue weighted by atomic mass is 16.3. The quantitative estimate of drug-likeness (QED) is 0.845. The Morgan fingerprint density at radius 3 is 2.81 bits per heavy atom. The minimum Gasteiger partial charge on any atom is -0.456 e. The van der Waals surface area contributed by atoms with E-state index in [2.05, 4.69) is 17.2 Å². The number of amides is 1. The fourth-order valence-corrected chi connectivity index (χ4v) is 1.88. The number of hydrogen-bond acceptors (Lipinski definition) is 3. The zero-order valence-electron chi connectivity index (χ0n) is 11.8. The Balaban J connectivity index is 2.04. The average Bonchev–Trinajstić information content (AvgIpc) is 3.00. The van der Waals surface area contributed by atoms with Crippen LogP contribution in [0.5, 0.6) is 0 Å². The highest BCUT2D eigenvalue weighted by Gasteiger charge is 2.10. The smallest absolute Gasteiger partial charge is 0.287 e. The van der Waals surface area contributed by atoms with Crippen molar-refractivity contribution in [3.05, 3.63) is 59.0 Å². The van der Waals surface area contributed by atoms with Crippen LogP contribution >= 0.6 is 0 Å². The lowest BCUT2D eigenvalue weighted by atomic mass is 10.1. The molecule has 0 atom stereocenters. The lowest BCUT2D eigenvalue weighted by molar-refractivity contribution is 0.0921. The van der Waals surface area contributed by atoms with E-state index < -0.39 is 0 Å². The summed E-state index contributed by atoms with van der Waals surface area (Å²) in [6, 6.07) is 11.0. The molecule has 0 unspecified atom stereocenters. The van der Waals surface area contributed by atoms with E-state index in [0.717, 1.165) is 23.3 Å². The average molecular weight is 283 g/mol. The van der Waals surface area contributed by atoms with Crippen molar-refractivity contribution in [1.82, 2.24) is 5.32 Å². The van der Waals surface area contributed by atoms with E-state index in [1.54, 1.807) is 12.1 Å². The lowest BCUT2D eigenvalue weighted by Gasteiger charge is -2.06. The second-order valence-corrected chi connectivity index (χ2v) is 4.42. The minimum atomic E-state index is -0.250. The third kappa shape index (κ3) is 3.98. The largest absolute Gasteiger partial charge is 0.456 e. The van der Waals surface area contributed by atoms with Gasteiger partial charge in [-0.1, -0.05) is 37.0 Å². The van der Waals surface area contributed by atoms with Crippen molar-refractivity contribution in [2.75, 3.05) is 6.61 Å². The molecule has 108 valence electrons. The van der Waals surface area contributed by atoms with Gasteiger partial charge >= 0.3 is 0 Å². The minimum absolute atomic E-state index is 0.188. The maximum Gasteiger partial charge on any atom is 0.287 e. The molecule has 0 aliphatic carbocycles. The Labute approximate surface area is 123 Å². The van der Waals surface area contributed by atoms with Crippen molar-refractivity contribution in [1.29, 1.82) is 0 Å². The number of benzene rings is 1. The van der Waals surface area contributed by atoms with E-state index in [1.165, 1.54) is 0 Å². The predicted molar refractivity (Wildman–Crippen MR) is 79.7 cm³/mol. The van der Waals surface area contributed by atoms with Crippen molar-refractivity contribution in [3.8, 4) is 11.8 Å². The molecule has 0 fully saturated rings. The second kappa shape index (κ2) is 7.32. The van der Waals surface area contributed by atoms with E-state index in [0.29, 0.717) is 12.3 Å². The summed E-state index contributed by atoms with van der Waals surface area (Å²) < 4.78 is 5.41. The van der Waals surface area contributed by atoms with Gasteiger partial charge in [0, 0.05) is 18.5 Å². The SMILES string of the molecule is CCc1ccc(C(=O)NCc2ccccc2C#CCO)o1. The highest BCUT2D eigenvalue weighted by Crippen LogP contribution is 2.10. The summed E-state index contributed by atoms with van der Waals surface area (Å²) in [5.74, 6) is 6.32. The van der Waals surface area contributed by atoms with Crippen molar-refractivity contribution >= 4 is 5.91 Å². The number of carbonyl (C=O) groups is 1. The zero-order chi connectivity index (χ0) is 15.1. The van der Waals surface area contributed by atoms with E-state index in [9.17, 15) is 4.79 Å². The van der Waals surface area contributed by atoms with Gasteiger partial charge < -0.3 is 14.8 Å². The van der Waals surface area contributed by atoms with Crippen LogP contribution in [0.15, 0.2) is 40.8 Å². The van der Waals surface area contributed by atoms with Crippen molar-refractivity contribution in [2.24, 2.45) is 0 Å². The number of aliphatic hydroxyl groups excluding tert-OH is 1. The Hall–Kier alpha value is -2.51. The highest BCUT2D eigenvalue weighted by molar-refractivity contribution is 5.91. The summed E-state index contributed by atoms with van der Waals surface area (Å²) >= 11 is 0. The number of nitrogens with one attached hydrogen (secondary N) is 1. The van der Waals surface area contributed by atoms with Gasteiger partial charge in [0.15, 0.2) is 5.76 Å². The molecule has 4 nitrogen and oxygen atoms in total. The van der Waals surface area contributed by atoms with Crippen LogP contribution in [0, 0.1) is 11.8 Å². The van der Waals surface area contributed by atoms with Crippen LogP contribution < -0.4 is 5.32 Å². The van der Waals surface area contributed by atoms with Gasteiger partial charge in [0.05, 0.1) is 0 Å². The third-order valence-corrected chi connectivity index (χ3v) is 2.99. The van der Waals surface area contributed by atoms with Crippen molar-refractivity contribution < 1.29 is 14.3 Å². The van der Waals surface area contributed by atoms with Gasteiger partial charge in [-0.15, -0.1) is 0 Å². The molecule has 1 aromatic carbocycles. The Kier molecular flexibility index (Phi) is 5.19. The predicted octanol–water partition coefficient (Wildman–Crippen LogP) is 2.12. The van der Waals surface area contributed by atoms with Crippen LogP contribution in [0.2, 0.25) is 0 Å². The number of rotatable bonds is 4. The summed E-state index contributed by atoms with van der Waals surface area (Å²) in [7, 11) is 0. The number of aliphatic hydroxyl groups is 1. The molecule has 2 N–H and O–H groups in total. The first kappa shape index (κ1) is 14.9. The van der Waals surface area contributed by atoms with Gasteiger partial charge in [-0.25, -0.2) is 0 Å². The molecule has 0 spiro atoms. The molecule has 0 saturated carbocycles. The Bertz CT molecular complexity index is 677. The van der Waals surface area contributed by atoms with Gasteiger partial charge in [-0.05, 0) is 23.8 Å².